The van der Waals surface area contributed by atoms with Crippen molar-refractivity contribution in [2.75, 3.05) is 7.05 Å². The molecule has 2 aromatic rings. The molecule has 1 aromatic carbocycles. The number of benzene rings is 1. The average Bonchev–Trinajstić information content (AvgIpc) is 2.86. The zero-order valence-electron chi connectivity index (χ0n) is 13.9. The zero-order valence-corrected chi connectivity index (χ0v) is 14.7. The van der Waals surface area contributed by atoms with Crippen LogP contribution in [0.5, 0.6) is 0 Å². The summed E-state index contributed by atoms with van der Waals surface area (Å²) in [6, 6.07) is 9.75. The quantitative estimate of drug-likeness (QED) is 0.814. The Hall–Kier alpha value is -1.95. The van der Waals surface area contributed by atoms with Crippen molar-refractivity contribution in [3.05, 3.63) is 52.9 Å². The average molecular weight is 334 g/mol. The van der Waals surface area contributed by atoms with Gasteiger partial charge < -0.3 is 9.42 Å². The lowest BCUT2D eigenvalue weighted by atomic mass is 10.2. The smallest absolute Gasteiger partial charge is 0.238 e. The number of carbonyl (C=O) groups is 1. The van der Waals surface area contributed by atoms with Gasteiger partial charge in [0, 0.05) is 30.0 Å². The van der Waals surface area contributed by atoms with Gasteiger partial charge in [0.05, 0.1) is 11.4 Å². The van der Waals surface area contributed by atoms with E-state index in [1.165, 1.54) is 0 Å². The summed E-state index contributed by atoms with van der Waals surface area (Å²) in [4.78, 5) is 14.1. The molecular weight excluding hydrogens is 312 g/mol. The van der Waals surface area contributed by atoms with Gasteiger partial charge in [-0.3, -0.25) is 9.00 Å². The van der Waals surface area contributed by atoms with Gasteiger partial charge in [-0.25, -0.2) is 0 Å². The third-order valence-electron chi connectivity index (χ3n) is 3.85. The highest BCUT2D eigenvalue weighted by atomic mass is 32.2. The molecule has 0 unspecified atom stereocenters. The van der Waals surface area contributed by atoms with Crippen LogP contribution in [0.25, 0.3) is 0 Å². The Balaban J connectivity index is 1.99. The van der Waals surface area contributed by atoms with Crippen molar-refractivity contribution in [1.82, 2.24) is 10.1 Å². The van der Waals surface area contributed by atoms with Crippen LogP contribution in [0.1, 0.15) is 29.5 Å². The molecule has 1 aromatic heterocycles. The summed E-state index contributed by atoms with van der Waals surface area (Å²) in [7, 11) is 0.420. The van der Waals surface area contributed by atoms with E-state index in [1.807, 2.05) is 37.3 Å². The van der Waals surface area contributed by atoms with Gasteiger partial charge in [-0.2, -0.15) is 0 Å². The first-order valence-electron chi connectivity index (χ1n) is 7.48. The molecule has 0 saturated carbocycles. The number of hydrogen-bond donors (Lipinski definition) is 0. The monoisotopic (exact) mass is 334 g/mol. The Morgan fingerprint density at radius 1 is 1.30 bits per heavy atom. The number of hydrogen-bond acceptors (Lipinski definition) is 4. The molecule has 1 heterocycles. The lowest BCUT2D eigenvalue weighted by Crippen LogP contribution is -2.37. The Labute approximate surface area is 139 Å². The van der Waals surface area contributed by atoms with E-state index in [0.717, 1.165) is 16.8 Å². The number of aryl methyl sites for hydroxylation is 2. The maximum absolute atomic E-state index is 12.5. The normalized spacial score (nSPS) is 13.6. The van der Waals surface area contributed by atoms with Crippen molar-refractivity contribution in [3.63, 3.8) is 0 Å². The second-order valence-electron chi connectivity index (χ2n) is 5.65. The molecule has 2 rings (SSSR count). The van der Waals surface area contributed by atoms with Gasteiger partial charge in [0.15, 0.2) is 0 Å². The lowest BCUT2D eigenvalue weighted by molar-refractivity contribution is -0.129. The highest BCUT2D eigenvalue weighted by Gasteiger charge is 2.25. The Morgan fingerprint density at radius 3 is 2.52 bits per heavy atom. The molecule has 0 aliphatic heterocycles. The first-order chi connectivity index (χ1) is 10.9. The van der Waals surface area contributed by atoms with Crippen molar-refractivity contribution in [2.45, 2.75) is 38.3 Å². The summed E-state index contributed by atoms with van der Waals surface area (Å²) in [5, 5.41) is 3.29. The molecule has 124 valence electrons. The van der Waals surface area contributed by atoms with Crippen LogP contribution in [0.4, 0.5) is 0 Å². The van der Waals surface area contributed by atoms with Crippen LogP contribution in [-0.2, 0) is 27.9 Å². The molecule has 1 amide bonds. The van der Waals surface area contributed by atoms with Gasteiger partial charge in [-0.15, -0.1) is 0 Å². The van der Waals surface area contributed by atoms with E-state index in [2.05, 4.69) is 5.16 Å². The highest BCUT2D eigenvalue weighted by molar-refractivity contribution is 7.85. The molecule has 0 aliphatic rings. The Kier molecular flexibility index (Phi) is 5.71. The first kappa shape index (κ1) is 17.4. The summed E-state index contributed by atoms with van der Waals surface area (Å²) in [5.41, 5.74) is 2.61. The SMILES string of the molecule is Cc1noc(C)c1C[S@](=O)[C@@H](C)C(=O)N(C)Cc1ccccc1. The maximum Gasteiger partial charge on any atom is 0.238 e. The minimum Gasteiger partial charge on any atom is -0.361 e. The highest BCUT2D eigenvalue weighted by Crippen LogP contribution is 2.17. The van der Waals surface area contributed by atoms with Crippen LogP contribution in [0, 0.1) is 13.8 Å². The second kappa shape index (κ2) is 7.55. The first-order valence-corrected chi connectivity index (χ1v) is 8.86. The van der Waals surface area contributed by atoms with Crippen molar-refractivity contribution in [2.24, 2.45) is 0 Å². The lowest BCUT2D eigenvalue weighted by Gasteiger charge is -2.21. The zero-order chi connectivity index (χ0) is 17.0. The number of rotatable bonds is 6. The van der Waals surface area contributed by atoms with Crippen LogP contribution in [0.2, 0.25) is 0 Å². The third kappa shape index (κ3) is 4.28. The number of carbonyl (C=O) groups excluding carboxylic acids is 1. The van der Waals surface area contributed by atoms with Crippen LogP contribution in [0.3, 0.4) is 0 Å². The fraction of sp³-hybridized carbons (Fsp3) is 0.412. The van der Waals surface area contributed by atoms with Crippen molar-refractivity contribution in [3.8, 4) is 0 Å². The minimum atomic E-state index is -1.31. The van der Waals surface area contributed by atoms with E-state index >= 15 is 0 Å². The van der Waals surface area contributed by atoms with Crippen LogP contribution < -0.4 is 0 Å². The van der Waals surface area contributed by atoms with E-state index in [1.54, 1.807) is 25.8 Å². The molecule has 0 saturated heterocycles. The third-order valence-corrected chi connectivity index (χ3v) is 5.41. The van der Waals surface area contributed by atoms with Gasteiger partial charge in [-0.1, -0.05) is 35.5 Å². The molecule has 0 radical (unpaired) electrons. The summed E-state index contributed by atoms with van der Waals surface area (Å²) >= 11 is 0. The predicted octanol–water partition coefficient (Wildman–Crippen LogP) is 2.59. The summed E-state index contributed by atoms with van der Waals surface area (Å²) < 4.78 is 17.6. The molecule has 0 fully saturated rings. The summed E-state index contributed by atoms with van der Waals surface area (Å²) in [6.07, 6.45) is 0. The van der Waals surface area contributed by atoms with Gasteiger partial charge in [-0.05, 0) is 26.3 Å². The summed E-state index contributed by atoms with van der Waals surface area (Å²) in [5.74, 6) is 0.819. The topological polar surface area (TPSA) is 63.4 Å². The molecule has 23 heavy (non-hydrogen) atoms. The molecule has 5 nitrogen and oxygen atoms in total. The van der Waals surface area contributed by atoms with E-state index < -0.39 is 16.0 Å². The largest absolute Gasteiger partial charge is 0.361 e. The molecule has 2 atom stereocenters. The molecular formula is C17H22N2O3S. The van der Waals surface area contributed by atoms with Gasteiger partial charge in [0.1, 0.15) is 11.0 Å². The Morgan fingerprint density at radius 2 is 1.96 bits per heavy atom. The minimum absolute atomic E-state index is 0.126. The molecule has 0 aliphatic carbocycles. The van der Waals surface area contributed by atoms with Crippen LogP contribution in [0.15, 0.2) is 34.9 Å². The van der Waals surface area contributed by atoms with E-state index in [0.29, 0.717) is 12.3 Å². The summed E-state index contributed by atoms with van der Waals surface area (Å²) in [6.45, 7) is 5.82. The van der Waals surface area contributed by atoms with E-state index in [-0.39, 0.29) is 11.7 Å². The van der Waals surface area contributed by atoms with Crippen LogP contribution >= 0.6 is 0 Å². The Bertz CT molecular complexity index is 678. The van der Waals surface area contributed by atoms with Gasteiger partial charge in [0.25, 0.3) is 0 Å². The number of nitrogens with zero attached hydrogens (tertiary/aromatic N) is 2. The number of aromatic nitrogens is 1. The van der Waals surface area contributed by atoms with Crippen molar-refractivity contribution >= 4 is 16.7 Å². The van der Waals surface area contributed by atoms with Gasteiger partial charge in [0.2, 0.25) is 5.91 Å². The number of amides is 1. The van der Waals surface area contributed by atoms with E-state index in [4.69, 9.17) is 4.52 Å². The molecule has 0 spiro atoms. The fourth-order valence-corrected chi connectivity index (χ4v) is 3.68. The second-order valence-corrected chi connectivity index (χ2v) is 7.41. The molecule has 0 bridgehead atoms. The standard InChI is InChI=1S/C17H22N2O3S/c1-12-16(13(2)22-18-12)11-23(21)14(3)17(20)19(4)10-15-8-6-5-7-9-15/h5-9,14H,10-11H2,1-4H3/t14-,23-/m0/s1. The van der Waals surface area contributed by atoms with E-state index in [9.17, 15) is 9.00 Å². The predicted molar refractivity (Wildman–Crippen MR) is 90.2 cm³/mol. The van der Waals surface area contributed by atoms with Crippen molar-refractivity contribution < 1.29 is 13.5 Å². The maximum atomic E-state index is 12.5. The van der Waals surface area contributed by atoms with Crippen LogP contribution in [-0.4, -0.2) is 32.5 Å². The van der Waals surface area contributed by atoms with Gasteiger partial charge >= 0.3 is 0 Å². The molecule has 0 N–H and O–H groups in total. The fourth-order valence-electron chi connectivity index (χ4n) is 2.33. The van der Waals surface area contributed by atoms with Crippen molar-refractivity contribution in [1.29, 1.82) is 0 Å². The molecule has 6 heteroatoms.